The van der Waals surface area contributed by atoms with E-state index in [9.17, 15) is 0 Å². The molecule has 3 nitrogen and oxygen atoms in total. The molecule has 0 aromatic carbocycles. The van der Waals surface area contributed by atoms with E-state index in [1.165, 1.54) is 19.4 Å². The summed E-state index contributed by atoms with van der Waals surface area (Å²) in [4.78, 5) is 2.55. The second kappa shape index (κ2) is 4.17. The number of rotatable bonds is 2. The van der Waals surface area contributed by atoms with E-state index in [0.717, 1.165) is 13.2 Å². The van der Waals surface area contributed by atoms with Crippen molar-refractivity contribution in [2.45, 2.75) is 44.9 Å². The lowest BCUT2D eigenvalue weighted by Crippen LogP contribution is -2.54. The minimum Gasteiger partial charge on any atom is -0.374 e. The molecule has 2 fully saturated rings. The number of ether oxygens (including phenoxy) is 1. The second-order valence-electron chi connectivity index (χ2n) is 4.98. The van der Waals surface area contributed by atoms with Gasteiger partial charge in [0.2, 0.25) is 0 Å². The highest BCUT2D eigenvalue weighted by Crippen LogP contribution is 2.24. The van der Waals surface area contributed by atoms with Crippen molar-refractivity contribution in [1.82, 2.24) is 4.90 Å². The maximum absolute atomic E-state index is 6.12. The van der Waals surface area contributed by atoms with Gasteiger partial charge < -0.3 is 10.5 Å². The predicted octanol–water partition coefficient (Wildman–Crippen LogP) is 0.833. The molecule has 14 heavy (non-hydrogen) atoms. The molecule has 2 N–H and O–H groups in total. The van der Waals surface area contributed by atoms with Crippen molar-refractivity contribution in [3.8, 4) is 0 Å². The molecule has 3 heteroatoms. The van der Waals surface area contributed by atoms with E-state index in [1.807, 2.05) is 0 Å². The van der Waals surface area contributed by atoms with Gasteiger partial charge in [0, 0.05) is 18.6 Å². The summed E-state index contributed by atoms with van der Waals surface area (Å²) in [6.07, 6.45) is 2.89. The Hall–Kier alpha value is -0.120. The first kappa shape index (κ1) is 10.4. The lowest BCUT2D eigenvalue weighted by atomic mass is 9.98. The van der Waals surface area contributed by atoms with Gasteiger partial charge in [0.15, 0.2) is 0 Å². The second-order valence-corrected chi connectivity index (χ2v) is 4.98. The van der Waals surface area contributed by atoms with Gasteiger partial charge in [-0.1, -0.05) is 13.8 Å². The first-order valence-electron chi connectivity index (χ1n) is 5.79. The standard InChI is InChI=1S/C11H22N2O/c1-8(2)11(12)10-6-13-5-3-4-9(13)7-14-10/h8-11H,3-7,12H2,1-2H3. The normalized spacial score (nSPS) is 36.0. The Labute approximate surface area is 86.6 Å². The Morgan fingerprint density at radius 2 is 2.21 bits per heavy atom. The summed E-state index contributed by atoms with van der Waals surface area (Å²) in [5.41, 5.74) is 6.12. The van der Waals surface area contributed by atoms with E-state index in [4.69, 9.17) is 10.5 Å². The van der Waals surface area contributed by atoms with Gasteiger partial charge in [-0.15, -0.1) is 0 Å². The summed E-state index contributed by atoms with van der Waals surface area (Å²) in [6.45, 7) is 7.53. The van der Waals surface area contributed by atoms with Gasteiger partial charge in [-0.2, -0.15) is 0 Å². The summed E-state index contributed by atoms with van der Waals surface area (Å²) in [5, 5.41) is 0. The Balaban J connectivity index is 1.91. The van der Waals surface area contributed by atoms with Crippen LogP contribution in [-0.2, 0) is 4.74 Å². The molecule has 0 saturated carbocycles. The minimum atomic E-state index is 0.191. The van der Waals surface area contributed by atoms with E-state index in [0.29, 0.717) is 12.0 Å². The van der Waals surface area contributed by atoms with Crippen LogP contribution in [-0.4, -0.2) is 42.8 Å². The zero-order valence-electron chi connectivity index (χ0n) is 9.28. The predicted molar refractivity (Wildman–Crippen MR) is 57.1 cm³/mol. The van der Waals surface area contributed by atoms with E-state index < -0.39 is 0 Å². The molecule has 0 radical (unpaired) electrons. The van der Waals surface area contributed by atoms with Crippen molar-refractivity contribution >= 4 is 0 Å². The van der Waals surface area contributed by atoms with Crippen LogP contribution in [0.5, 0.6) is 0 Å². The molecular formula is C11H22N2O. The number of nitrogens with zero attached hydrogens (tertiary/aromatic N) is 1. The molecule has 0 aliphatic carbocycles. The Bertz CT molecular complexity index is 196. The molecule has 0 aromatic rings. The lowest BCUT2D eigenvalue weighted by Gasteiger charge is -2.38. The van der Waals surface area contributed by atoms with Crippen molar-refractivity contribution in [2.24, 2.45) is 11.7 Å². The molecule has 3 atom stereocenters. The van der Waals surface area contributed by atoms with E-state index in [-0.39, 0.29) is 12.1 Å². The molecular weight excluding hydrogens is 176 g/mol. The van der Waals surface area contributed by atoms with Gasteiger partial charge in [-0.3, -0.25) is 4.90 Å². The number of morpholine rings is 1. The van der Waals surface area contributed by atoms with Crippen molar-refractivity contribution in [3.63, 3.8) is 0 Å². The number of hydrogen-bond acceptors (Lipinski definition) is 3. The Morgan fingerprint density at radius 1 is 1.43 bits per heavy atom. The summed E-state index contributed by atoms with van der Waals surface area (Å²) in [5.74, 6) is 0.513. The maximum atomic E-state index is 6.12. The Morgan fingerprint density at radius 3 is 2.93 bits per heavy atom. The lowest BCUT2D eigenvalue weighted by molar-refractivity contribution is -0.0649. The van der Waals surface area contributed by atoms with E-state index in [1.54, 1.807) is 0 Å². The first-order valence-corrected chi connectivity index (χ1v) is 5.79. The molecule has 2 aliphatic heterocycles. The first-order chi connectivity index (χ1) is 6.68. The van der Waals surface area contributed by atoms with Crippen molar-refractivity contribution in [2.75, 3.05) is 19.7 Å². The molecule has 3 unspecified atom stereocenters. The highest BCUT2D eigenvalue weighted by atomic mass is 16.5. The van der Waals surface area contributed by atoms with Crippen LogP contribution in [0.3, 0.4) is 0 Å². The van der Waals surface area contributed by atoms with Gasteiger partial charge in [0.25, 0.3) is 0 Å². The fourth-order valence-corrected chi connectivity index (χ4v) is 2.50. The average molecular weight is 198 g/mol. The van der Waals surface area contributed by atoms with Crippen LogP contribution in [0.1, 0.15) is 26.7 Å². The van der Waals surface area contributed by atoms with Gasteiger partial charge in [0.05, 0.1) is 12.7 Å². The zero-order valence-corrected chi connectivity index (χ0v) is 9.28. The van der Waals surface area contributed by atoms with E-state index in [2.05, 4.69) is 18.7 Å². The topological polar surface area (TPSA) is 38.5 Å². The maximum Gasteiger partial charge on any atom is 0.0855 e. The summed E-state index contributed by atoms with van der Waals surface area (Å²) < 4.78 is 5.85. The van der Waals surface area contributed by atoms with Crippen LogP contribution in [0.25, 0.3) is 0 Å². The van der Waals surface area contributed by atoms with Crippen molar-refractivity contribution in [1.29, 1.82) is 0 Å². The van der Waals surface area contributed by atoms with Gasteiger partial charge in [-0.25, -0.2) is 0 Å². The fraction of sp³-hybridized carbons (Fsp3) is 1.00. The molecule has 0 spiro atoms. The third-order valence-electron chi connectivity index (χ3n) is 3.62. The summed E-state index contributed by atoms with van der Waals surface area (Å²) in [7, 11) is 0. The molecule has 2 heterocycles. The highest BCUT2D eigenvalue weighted by molar-refractivity contribution is 4.89. The van der Waals surface area contributed by atoms with Crippen LogP contribution >= 0.6 is 0 Å². The van der Waals surface area contributed by atoms with Crippen LogP contribution in [0.15, 0.2) is 0 Å². The third kappa shape index (κ3) is 1.95. The fourth-order valence-electron chi connectivity index (χ4n) is 2.50. The Kier molecular flexibility index (Phi) is 3.10. The largest absolute Gasteiger partial charge is 0.374 e. The van der Waals surface area contributed by atoms with Crippen LogP contribution in [0.4, 0.5) is 0 Å². The quantitative estimate of drug-likeness (QED) is 0.714. The van der Waals surface area contributed by atoms with Crippen LogP contribution in [0, 0.1) is 5.92 Å². The van der Waals surface area contributed by atoms with Gasteiger partial charge in [-0.05, 0) is 25.3 Å². The highest BCUT2D eigenvalue weighted by Gasteiger charge is 2.35. The molecule has 0 amide bonds. The van der Waals surface area contributed by atoms with Crippen molar-refractivity contribution < 1.29 is 4.74 Å². The summed E-state index contributed by atoms with van der Waals surface area (Å²) in [6, 6.07) is 0.877. The smallest absolute Gasteiger partial charge is 0.0855 e. The molecule has 2 aliphatic rings. The molecule has 0 aromatic heterocycles. The minimum absolute atomic E-state index is 0.191. The molecule has 82 valence electrons. The molecule has 2 rings (SSSR count). The third-order valence-corrected chi connectivity index (χ3v) is 3.62. The van der Waals surface area contributed by atoms with Crippen LogP contribution < -0.4 is 5.73 Å². The zero-order chi connectivity index (χ0) is 10.1. The number of fused-ring (bicyclic) bond motifs is 1. The van der Waals surface area contributed by atoms with Gasteiger partial charge in [0.1, 0.15) is 0 Å². The number of nitrogens with two attached hydrogens (primary N) is 1. The summed E-state index contributed by atoms with van der Waals surface area (Å²) >= 11 is 0. The monoisotopic (exact) mass is 198 g/mol. The number of hydrogen-bond donors (Lipinski definition) is 1. The van der Waals surface area contributed by atoms with Crippen molar-refractivity contribution in [3.05, 3.63) is 0 Å². The molecule has 0 bridgehead atoms. The van der Waals surface area contributed by atoms with E-state index >= 15 is 0 Å². The van der Waals surface area contributed by atoms with Crippen LogP contribution in [0.2, 0.25) is 0 Å². The average Bonchev–Trinajstić information content (AvgIpc) is 2.62. The molecule has 2 saturated heterocycles. The van der Waals surface area contributed by atoms with Gasteiger partial charge >= 0.3 is 0 Å². The SMILES string of the molecule is CC(C)C(N)C1CN2CCCC2CO1.